The Bertz CT molecular complexity index is 1020. The van der Waals surface area contributed by atoms with E-state index < -0.39 is 0 Å². The number of likely N-dealkylation sites (N-methyl/N-ethyl adjacent to an activating group) is 1. The third-order valence-corrected chi connectivity index (χ3v) is 4.61. The Hall–Kier alpha value is -3.13. The fourth-order valence-corrected chi connectivity index (χ4v) is 3.18. The summed E-state index contributed by atoms with van der Waals surface area (Å²) in [5.74, 6) is 3.54. The number of halogens is 1. The van der Waals surface area contributed by atoms with Gasteiger partial charge in [-0.2, -0.15) is 4.98 Å². The molecule has 4 rings (SSSR count). The number of nitrogens with two attached hydrogens (primary N) is 1. The van der Waals surface area contributed by atoms with Gasteiger partial charge in [-0.25, -0.2) is 4.98 Å². The molecule has 2 heterocycles. The van der Waals surface area contributed by atoms with E-state index in [1.165, 1.54) is 0 Å². The summed E-state index contributed by atoms with van der Waals surface area (Å²) in [6, 6.07) is 11.2. The molecular weight excluding hydrogens is 396 g/mol. The van der Waals surface area contributed by atoms with Crippen molar-refractivity contribution < 1.29 is 18.9 Å². The van der Waals surface area contributed by atoms with Crippen molar-refractivity contribution >= 4 is 35.1 Å². The third kappa shape index (κ3) is 4.02. The van der Waals surface area contributed by atoms with E-state index in [0.29, 0.717) is 47.3 Å². The molecule has 29 heavy (non-hydrogen) atoms. The molecule has 0 saturated carbocycles. The van der Waals surface area contributed by atoms with E-state index in [2.05, 4.69) is 9.97 Å². The minimum atomic E-state index is -0.147. The predicted octanol–water partition coefficient (Wildman–Crippen LogP) is 2.93. The van der Waals surface area contributed by atoms with Crippen molar-refractivity contribution in [3.63, 3.8) is 0 Å². The molecule has 0 fully saturated rings. The van der Waals surface area contributed by atoms with E-state index in [0.717, 1.165) is 11.5 Å². The summed E-state index contributed by atoms with van der Waals surface area (Å²) in [6.45, 7) is 1.00. The van der Waals surface area contributed by atoms with Crippen LogP contribution in [0.2, 0.25) is 0 Å². The molecule has 9 heteroatoms. The lowest BCUT2D eigenvalue weighted by Crippen LogP contribution is -2.40. The topological polar surface area (TPSA) is 92.0 Å². The smallest absolute Gasteiger partial charge is 0.227 e. The van der Waals surface area contributed by atoms with Crippen molar-refractivity contribution in [3.05, 3.63) is 36.4 Å². The maximum absolute atomic E-state index is 6.18. The second-order valence-electron chi connectivity index (χ2n) is 6.51. The highest BCUT2D eigenvalue weighted by atomic mass is 35.5. The van der Waals surface area contributed by atoms with E-state index in [9.17, 15) is 0 Å². The van der Waals surface area contributed by atoms with E-state index in [4.69, 9.17) is 24.7 Å². The molecular formula is C20H23ClN4O4. The lowest BCUT2D eigenvalue weighted by molar-refractivity contribution is 0.0958. The van der Waals surface area contributed by atoms with Gasteiger partial charge in [0.15, 0.2) is 29.1 Å². The maximum Gasteiger partial charge on any atom is 0.227 e. The number of aromatic nitrogens is 2. The summed E-state index contributed by atoms with van der Waals surface area (Å²) in [4.78, 5) is 11.0. The molecule has 3 aromatic rings. The van der Waals surface area contributed by atoms with Crippen LogP contribution in [0.3, 0.4) is 0 Å². The van der Waals surface area contributed by atoms with E-state index in [1.54, 1.807) is 26.4 Å². The highest BCUT2D eigenvalue weighted by Crippen LogP contribution is 2.34. The van der Waals surface area contributed by atoms with Crippen LogP contribution in [0.15, 0.2) is 36.4 Å². The zero-order chi connectivity index (χ0) is 19.7. The van der Waals surface area contributed by atoms with Gasteiger partial charge in [0.25, 0.3) is 0 Å². The van der Waals surface area contributed by atoms with Crippen molar-refractivity contribution in [2.24, 2.45) is 0 Å². The van der Waals surface area contributed by atoms with Crippen molar-refractivity contribution in [1.29, 1.82) is 0 Å². The maximum atomic E-state index is 6.18. The van der Waals surface area contributed by atoms with Gasteiger partial charge in [0.1, 0.15) is 12.4 Å². The van der Waals surface area contributed by atoms with Crippen molar-refractivity contribution in [2.75, 3.05) is 45.1 Å². The zero-order valence-electron chi connectivity index (χ0n) is 16.4. The number of para-hydroxylation sites is 2. The van der Waals surface area contributed by atoms with Crippen molar-refractivity contribution in [1.82, 2.24) is 9.97 Å². The predicted molar refractivity (Wildman–Crippen MR) is 114 cm³/mol. The van der Waals surface area contributed by atoms with Crippen LogP contribution >= 0.6 is 12.4 Å². The van der Waals surface area contributed by atoms with Gasteiger partial charge in [0.05, 0.1) is 26.3 Å². The summed E-state index contributed by atoms with van der Waals surface area (Å²) in [5, 5.41) is 0.709. The summed E-state index contributed by atoms with van der Waals surface area (Å²) in [5.41, 5.74) is 6.86. The number of ether oxygens (including phenoxy) is 4. The number of nitrogens with zero attached hydrogens (tertiary/aromatic N) is 3. The summed E-state index contributed by atoms with van der Waals surface area (Å²) in [7, 11) is 5.05. The molecule has 2 N–H and O–H groups in total. The molecule has 0 bridgehead atoms. The van der Waals surface area contributed by atoms with Crippen LogP contribution in [0.5, 0.6) is 23.0 Å². The fraction of sp³-hybridized carbons (Fsp3) is 0.300. The molecule has 1 atom stereocenters. The second kappa shape index (κ2) is 8.48. The molecule has 2 aromatic carbocycles. The highest BCUT2D eigenvalue weighted by Gasteiger charge is 2.23. The quantitative estimate of drug-likeness (QED) is 0.676. The molecule has 0 aliphatic carbocycles. The Labute approximate surface area is 175 Å². The minimum Gasteiger partial charge on any atom is -0.493 e. The van der Waals surface area contributed by atoms with Crippen molar-refractivity contribution in [3.8, 4) is 23.0 Å². The average Bonchev–Trinajstić information content (AvgIpc) is 2.72. The third-order valence-electron chi connectivity index (χ3n) is 4.61. The first-order chi connectivity index (χ1) is 13.6. The van der Waals surface area contributed by atoms with Gasteiger partial charge >= 0.3 is 0 Å². The number of anilines is 2. The largest absolute Gasteiger partial charge is 0.493 e. The van der Waals surface area contributed by atoms with E-state index in [-0.39, 0.29) is 18.5 Å². The Kier molecular flexibility index (Phi) is 6.03. The molecule has 0 radical (unpaired) electrons. The van der Waals surface area contributed by atoms with Crippen LogP contribution in [-0.2, 0) is 0 Å². The highest BCUT2D eigenvalue weighted by molar-refractivity contribution is 5.91. The summed E-state index contributed by atoms with van der Waals surface area (Å²) in [6.07, 6.45) is -0.147. The lowest BCUT2D eigenvalue weighted by atomic mass is 10.2. The second-order valence-corrected chi connectivity index (χ2v) is 6.51. The van der Waals surface area contributed by atoms with Gasteiger partial charge in [-0.1, -0.05) is 12.1 Å². The Balaban J connectivity index is 0.00000240. The number of nitrogen functional groups attached to an aromatic ring is 1. The van der Waals surface area contributed by atoms with Gasteiger partial charge in [-0.05, 0) is 18.2 Å². The summed E-state index contributed by atoms with van der Waals surface area (Å²) >= 11 is 0. The normalized spacial score (nSPS) is 14.8. The first kappa shape index (κ1) is 20.6. The SMILES string of the molecule is COc1cc2nc(N(C)CC3COc4ccccc4O3)nc(N)c2cc1OC.Cl. The molecule has 1 aliphatic heterocycles. The van der Waals surface area contributed by atoms with Crippen LogP contribution in [0.25, 0.3) is 10.9 Å². The van der Waals surface area contributed by atoms with Gasteiger partial charge in [-0.3, -0.25) is 0 Å². The number of rotatable bonds is 5. The summed E-state index contributed by atoms with van der Waals surface area (Å²) < 4.78 is 22.5. The van der Waals surface area contributed by atoms with E-state index >= 15 is 0 Å². The van der Waals surface area contributed by atoms with Crippen LogP contribution in [-0.4, -0.2) is 50.5 Å². The number of hydrogen-bond acceptors (Lipinski definition) is 8. The Morgan fingerprint density at radius 2 is 1.79 bits per heavy atom. The average molecular weight is 419 g/mol. The van der Waals surface area contributed by atoms with Crippen LogP contribution in [0.1, 0.15) is 0 Å². The molecule has 0 saturated heterocycles. The molecule has 1 unspecified atom stereocenters. The first-order valence-electron chi connectivity index (χ1n) is 8.88. The van der Waals surface area contributed by atoms with Gasteiger partial charge in [0, 0.05) is 18.5 Å². The van der Waals surface area contributed by atoms with Gasteiger partial charge in [0.2, 0.25) is 5.95 Å². The first-order valence-corrected chi connectivity index (χ1v) is 8.88. The monoisotopic (exact) mass is 418 g/mol. The lowest BCUT2D eigenvalue weighted by Gasteiger charge is -2.29. The van der Waals surface area contributed by atoms with Crippen LogP contribution in [0.4, 0.5) is 11.8 Å². The van der Waals surface area contributed by atoms with Gasteiger partial charge in [-0.15, -0.1) is 12.4 Å². The number of methoxy groups -OCH3 is 2. The molecule has 0 spiro atoms. The molecule has 8 nitrogen and oxygen atoms in total. The van der Waals surface area contributed by atoms with E-state index in [1.807, 2.05) is 36.2 Å². The molecule has 1 aliphatic rings. The Morgan fingerprint density at radius 3 is 2.52 bits per heavy atom. The van der Waals surface area contributed by atoms with Crippen LogP contribution in [0, 0.1) is 0 Å². The number of benzene rings is 2. The standard InChI is InChI=1S/C20H22N4O4.ClH/c1-24(10-12-11-27-15-6-4-5-7-16(15)28-12)20-22-14-9-18(26-3)17(25-2)8-13(14)19(21)23-20;/h4-9,12H,10-11H2,1-3H3,(H2,21,22,23);1H. The molecule has 0 amide bonds. The molecule has 154 valence electrons. The van der Waals surface area contributed by atoms with Crippen molar-refractivity contribution in [2.45, 2.75) is 6.10 Å². The molecule has 1 aromatic heterocycles. The van der Waals surface area contributed by atoms with Gasteiger partial charge < -0.3 is 29.6 Å². The Morgan fingerprint density at radius 1 is 1.10 bits per heavy atom. The van der Waals surface area contributed by atoms with Crippen LogP contribution < -0.4 is 29.6 Å². The number of hydrogen-bond donors (Lipinski definition) is 1. The zero-order valence-corrected chi connectivity index (χ0v) is 17.2. The fourth-order valence-electron chi connectivity index (χ4n) is 3.18. The number of fused-ring (bicyclic) bond motifs is 2. The minimum absolute atomic E-state index is 0.